The van der Waals surface area contributed by atoms with Crippen molar-refractivity contribution in [2.75, 3.05) is 5.32 Å². The minimum Gasteiger partial charge on any atom is -0.325 e. The molecule has 1 aromatic heterocycles. The van der Waals surface area contributed by atoms with Crippen LogP contribution in [0.2, 0.25) is 0 Å². The molecule has 5 nitrogen and oxygen atoms in total. The third-order valence-electron chi connectivity index (χ3n) is 4.43. The molecule has 0 saturated carbocycles. The van der Waals surface area contributed by atoms with Crippen molar-refractivity contribution in [3.63, 3.8) is 0 Å². The summed E-state index contributed by atoms with van der Waals surface area (Å²) in [5.41, 5.74) is 2.31. The molecular weight excluding hydrogens is 370 g/mol. The normalized spacial score (nSPS) is 16.2. The number of nitrogens with zero attached hydrogens (tertiary/aromatic N) is 2. The van der Waals surface area contributed by atoms with Crippen LogP contribution in [0.5, 0.6) is 0 Å². The fraction of sp³-hybridized carbons (Fsp3) is 0.167. The van der Waals surface area contributed by atoms with Gasteiger partial charge in [0.1, 0.15) is 5.82 Å². The third kappa shape index (κ3) is 2.34. The van der Waals surface area contributed by atoms with Gasteiger partial charge in [0.2, 0.25) is 5.91 Å². The van der Waals surface area contributed by atoms with Crippen LogP contribution in [0.3, 0.4) is 0 Å². The molecule has 3 aromatic rings. The number of para-hydroxylation sites is 1. The van der Waals surface area contributed by atoms with Crippen LogP contribution in [0.1, 0.15) is 17.3 Å². The molecule has 0 spiro atoms. The zero-order chi connectivity index (χ0) is 16.8. The summed E-state index contributed by atoms with van der Waals surface area (Å²) in [5.74, 6) is 0.189. The van der Waals surface area contributed by atoms with Gasteiger partial charge in [-0.3, -0.25) is 14.2 Å². The molecule has 0 bridgehead atoms. The van der Waals surface area contributed by atoms with Crippen LogP contribution in [0.4, 0.5) is 5.69 Å². The molecule has 0 saturated heterocycles. The first-order valence-electron chi connectivity index (χ1n) is 7.59. The third-order valence-corrected chi connectivity index (χ3v) is 4.92. The number of carbonyl (C=O) groups excluding carboxylic acids is 1. The molecule has 6 heteroatoms. The highest BCUT2D eigenvalue weighted by atomic mass is 79.9. The van der Waals surface area contributed by atoms with Gasteiger partial charge in [-0.25, -0.2) is 4.98 Å². The van der Waals surface area contributed by atoms with Crippen LogP contribution < -0.4 is 10.9 Å². The summed E-state index contributed by atoms with van der Waals surface area (Å²) in [6, 6.07) is 13.0. The second-order valence-corrected chi connectivity index (χ2v) is 6.80. The summed E-state index contributed by atoms with van der Waals surface area (Å²) in [6.07, 6.45) is 0.381. The number of hydrogen-bond donors (Lipinski definition) is 1. The fourth-order valence-corrected chi connectivity index (χ4v) is 3.51. The number of benzene rings is 2. The highest BCUT2D eigenvalue weighted by Crippen LogP contribution is 2.36. The quantitative estimate of drug-likeness (QED) is 0.739. The average Bonchev–Trinajstić information content (AvgIpc) is 2.88. The van der Waals surface area contributed by atoms with E-state index >= 15 is 0 Å². The molecule has 4 rings (SSSR count). The molecule has 24 heavy (non-hydrogen) atoms. The van der Waals surface area contributed by atoms with Crippen molar-refractivity contribution >= 4 is 38.4 Å². The van der Waals surface area contributed by atoms with Gasteiger partial charge in [0.15, 0.2) is 0 Å². The summed E-state index contributed by atoms with van der Waals surface area (Å²) in [5, 5.41) is 3.48. The molecule has 120 valence electrons. The summed E-state index contributed by atoms with van der Waals surface area (Å²) in [6.45, 7) is 0. The van der Waals surface area contributed by atoms with Gasteiger partial charge in [0, 0.05) is 23.6 Å². The highest BCUT2D eigenvalue weighted by molar-refractivity contribution is 9.10. The molecule has 2 heterocycles. The number of carbonyl (C=O) groups is 1. The van der Waals surface area contributed by atoms with E-state index in [-0.39, 0.29) is 17.4 Å². The van der Waals surface area contributed by atoms with Gasteiger partial charge in [-0.15, -0.1) is 0 Å². The van der Waals surface area contributed by atoms with E-state index in [4.69, 9.17) is 0 Å². The summed E-state index contributed by atoms with van der Waals surface area (Å²) < 4.78 is 2.45. The zero-order valence-electron chi connectivity index (χ0n) is 12.9. The first-order valence-corrected chi connectivity index (χ1v) is 8.39. The van der Waals surface area contributed by atoms with Gasteiger partial charge in [0.05, 0.1) is 16.8 Å². The maximum Gasteiger partial charge on any atom is 0.261 e. The van der Waals surface area contributed by atoms with Crippen LogP contribution in [0.15, 0.2) is 51.7 Å². The van der Waals surface area contributed by atoms with Crippen LogP contribution in [-0.4, -0.2) is 15.5 Å². The van der Waals surface area contributed by atoms with E-state index in [1.165, 1.54) is 4.57 Å². The number of aromatic nitrogens is 2. The van der Waals surface area contributed by atoms with Gasteiger partial charge in [-0.1, -0.05) is 28.1 Å². The largest absolute Gasteiger partial charge is 0.325 e. The predicted molar refractivity (Wildman–Crippen MR) is 96.2 cm³/mol. The van der Waals surface area contributed by atoms with Crippen LogP contribution in [-0.2, 0) is 18.3 Å². The summed E-state index contributed by atoms with van der Waals surface area (Å²) in [4.78, 5) is 29.5. The van der Waals surface area contributed by atoms with Crippen LogP contribution in [0.25, 0.3) is 10.9 Å². The molecule has 0 radical (unpaired) electrons. The van der Waals surface area contributed by atoms with E-state index in [0.717, 1.165) is 15.7 Å². The molecule has 1 aliphatic rings. The minimum absolute atomic E-state index is 0.0643. The number of fused-ring (bicyclic) bond motifs is 2. The van der Waals surface area contributed by atoms with E-state index in [2.05, 4.69) is 26.2 Å². The Hall–Kier alpha value is -2.47. The predicted octanol–water partition coefficient (Wildman–Crippen LogP) is 2.97. The molecule has 1 N–H and O–H groups in total. The zero-order valence-corrected chi connectivity index (χ0v) is 14.5. The Labute approximate surface area is 146 Å². The van der Waals surface area contributed by atoms with Gasteiger partial charge in [-0.2, -0.15) is 0 Å². The van der Waals surface area contributed by atoms with Gasteiger partial charge in [-0.05, 0) is 35.9 Å². The Morgan fingerprint density at radius 1 is 1.21 bits per heavy atom. The summed E-state index contributed by atoms with van der Waals surface area (Å²) in [7, 11) is 1.70. The van der Waals surface area contributed by atoms with Crippen LogP contribution in [0, 0.1) is 0 Å². The van der Waals surface area contributed by atoms with E-state index in [9.17, 15) is 9.59 Å². The molecule has 1 atom stereocenters. The van der Waals surface area contributed by atoms with E-state index in [1.807, 2.05) is 36.4 Å². The average molecular weight is 384 g/mol. The minimum atomic E-state index is -0.350. The Morgan fingerprint density at radius 2 is 2.00 bits per heavy atom. The van der Waals surface area contributed by atoms with E-state index < -0.39 is 0 Å². The lowest BCUT2D eigenvalue weighted by molar-refractivity contribution is -0.117. The van der Waals surface area contributed by atoms with Crippen molar-refractivity contribution in [1.29, 1.82) is 0 Å². The van der Waals surface area contributed by atoms with Crippen molar-refractivity contribution in [2.45, 2.75) is 12.3 Å². The molecule has 0 aliphatic carbocycles. The van der Waals surface area contributed by atoms with Crippen molar-refractivity contribution < 1.29 is 4.79 Å². The molecule has 2 aromatic carbocycles. The maximum atomic E-state index is 12.5. The second kappa shape index (κ2) is 5.56. The van der Waals surface area contributed by atoms with E-state index in [1.54, 1.807) is 13.1 Å². The first kappa shape index (κ1) is 15.1. The number of anilines is 1. The lowest BCUT2D eigenvalue weighted by Gasteiger charge is -2.13. The highest BCUT2D eigenvalue weighted by Gasteiger charge is 2.32. The van der Waals surface area contributed by atoms with E-state index in [0.29, 0.717) is 23.1 Å². The molecule has 0 fully saturated rings. The number of rotatable bonds is 2. The number of hydrogen-bond acceptors (Lipinski definition) is 3. The van der Waals surface area contributed by atoms with Gasteiger partial charge < -0.3 is 5.32 Å². The Morgan fingerprint density at radius 3 is 2.83 bits per heavy atom. The van der Waals surface area contributed by atoms with Gasteiger partial charge in [0.25, 0.3) is 5.56 Å². The van der Waals surface area contributed by atoms with Crippen molar-refractivity contribution in [3.05, 3.63) is 68.7 Å². The molecular formula is C18H14BrN3O2. The van der Waals surface area contributed by atoms with Crippen molar-refractivity contribution in [1.82, 2.24) is 9.55 Å². The summed E-state index contributed by atoms with van der Waals surface area (Å²) >= 11 is 3.45. The van der Waals surface area contributed by atoms with Crippen molar-refractivity contribution in [3.8, 4) is 0 Å². The Bertz CT molecular complexity index is 1040. The Kier molecular flexibility index (Phi) is 3.49. The second-order valence-electron chi connectivity index (χ2n) is 5.89. The lowest BCUT2D eigenvalue weighted by atomic mass is 9.96. The molecule has 0 unspecified atom stereocenters. The fourth-order valence-electron chi connectivity index (χ4n) is 3.13. The topological polar surface area (TPSA) is 64.0 Å². The number of amides is 1. The monoisotopic (exact) mass is 383 g/mol. The first-order chi connectivity index (χ1) is 11.5. The Balaban J connectivity index is 1.81. The SMILES string of the molecule is Cn1c(C[C@@H]2C(=O)Nc3ccc(Br)cc32)nc2ccccc2c1=O. The van der Waals surface area contributed by atoms with Crippen LogP contribution >= 0.6 is 15.9 Å². The maximum absolute atomic E-state index is 12.5. The lowest BCUT2D eigenvalue weighted by Crippen LogP contribution is -2.25. The van der Waals surface area contributed by atoms with Gasteiger partial charge >= 0.3 is 0 Å². The molecule has 1 amide bonds. The molecule has 1 aliphatic heterocycles. The standard InChI is InChI=1S/C18H14BrN3O2/c1-22-16(20-14-5-3-2-4-11(14)18(22)24)9-13-12-8-10(19)6-7-15(12)21-17(13)23/h2-8,13H,9H2,1H3,(H,21,23)/t13-/m0/s1. The van der Waals surface area contributed by atoms with Crippen molar-refractivity contribution in [2.24, 2.45) is 7.05 Å². The number of halogens is 1. The smallest absolute Gasteiger partial charge is 0.261 e. The number of nitrogens with one attached hydrogen (secondary N) is 1.